The molecule has 19 heavy (non-hydrogen) atoms. The van der Waals surface area contributed by atoms with E-state index in [2.05, 4.69) is 45.1 Å². The number of rotatable bonds is 4. The summed E-state index contributed by atoms with van der Waals surface area (Å²) < 4.78 is 11.9. The van der Waals surface area contributed by atoms with Crippen LogP contribution in [0.15, 0.2) is 12.1 Å². The molecule has 0 spiro atoms. The van der Waals surface area contributed by atoms with Crippen LogP contribution in [-0.4, -0.2) is 25.8 Å². The van der Waals surface area contributed by atoms with E-state index in [1.807, 2.05) is 0 Å². The second-order valence-electron chi connectivity index (χ2n) is 5.81. The van der Waals surface area contributed by atoms with Gasteiger partial charge in [-0.1, -0.05) is 13.8 Å². The minimum Gasteiger partial charge on any atom is -0.490 e. The van der Waals surface area contributed by atoms with Crippen LogP contribution in [0.1, 0.15) is 31.4 Å². The maximum Gasteiger partial charge on any atom is 0.161 e. The zero-order valence-corrected chi connectivity index (χ0v) is 12.5. The van der Waals surface area contributed by atoms with Gasteiger partial charge in [0.05, 0.1) is 6.61 Å². The Bertz CT molecular complexity index is 429. The van der Waals surface area contributed by atoms with Crippen molar-refractivity contribution < 1.29 is 9.47 Å². The second-order valence-corrected chi connectivity index (χ2v) is 5.81. The van der Waals surface area contributed by atoms with Gasteiger partial charge in [0.15, 0.2) is 11.5 Å². The van der Waals surface area contributed by atoms with Crippen LogP contribution in [0.5, 0.6) is 11.5 Å². The third-order valence-corrected chi connectivity index (χ3v) is 3.48. The Hall–Kier alpha value is -1.22. The third-order valence-electron chi connectivity index (χ3n) is 3.48. The largest absolute Gasteiger partial charge is 0.490 e. The van der Waals surface area contributed by atoms with Gasteiger partial charge >= 0.3 is 0 Å². The standard InChI is InChI=1S/C16H25NO2/c1-11(2)9-17-10-14-5-6-18-15-7-12(3)13(4)8-16(15)19-14/h7-8,11,14,17H,5-6,9-10H2,1-4H3. The topological polar surface area (TPSA) is 30.5 Å². The lowest BCUT2D eigenvalue weighted by Gasteiger charge is -2.18. The van der Waals surface area contributed by atoms with E-state index in [0.717, 1.165) is 37.6 Å². The van der Waals surface area contributed by atoms with Gasteiger partial charge in [-0.05, 0) is 49.6 Å². The van der Waals surface area contributed by atoms with Crippen molar-refractivity contribution in [1.29, 1.82) is 0 Å². The van der Waals surface area contributed by atoms with Crippen LogP contribution in [0.25, 0.3) is 0 Å². The molecule has 3 nitrogen and oxygen atoms in total. The van der Waals surface area contributed by atoms with Crippen molar-refractivity contribution in [1.82, 2.24) is 5.32 Å². The molecule has 0 radical (unpaired) electrons. The van der Waals surface area contributed by atoms with Crippen LogP contribution in [-0.2, 0) is 0 Å². The van der Waals surface area contributed by atoms with Crippen molar-refractivity contribution >= 4 is 0 Å². The van der Waals surface area contributed by atoms with Crippen molar-refractivity contribution in [2.45, 2.75) is 40.2 Å². The van der Waals surface area contributed by atoms with E-state index in [1.54, 1.807) is 0 Å². The summed E-state index contributed by atoms with van der Waals surface area (Å²) in [5, 5.41) is 3.46. The predicted octanol–water partition coefficient (Wildman–Crippen LogP) is 3.08. The zero-order valence-electron chi connectivity index (χ0n) is 12.5. The highest BCUT2D eigenvalue weighted by molar-refractivity contribution is 5.47. The van der Waals surface area contributed by atoms with Gasteiger partial charge in [-0.3, -0.25) is 0 Å². The molecule has 0 amide bonds. The van der Waals surface area contributed by atoms with Crippen LogP contribution < -0.4 is 14.8 Å². The average molecular weight is 263 g/mol. The first-order chi connectivity index (χ1) is 9.06. The third kappa shape index (κ3) is 3.87. The summed E-state index contributed by atoms with van der Waals surface area (Å²) in [6.07, 6.45) is 1.12. The molecule has 1 aromatic rings. The van der Waals surface area contributed by atoms with Crippen LogP contribution in [0, 0.1) is 19.8 Å². The van der Waals surface area contributed by atoms with Gasteiger partial charge in [0.25, 0.3) is 0 Å². The van der Waals surface area contributed by atoms with E-state index in [-0.39, 0.29) is 6.10 Å². The Labute approximate surface area is 116 Å². The van der Waals surface area contributed by atoms with Gasteiger partial charge in [-0.15, -0.1) is 0 Å². The zero-order chi connectivity index (χ0) is 13.8. The first-order valence-corrected chi connectivity index (χ1v) is 7.17. The lowest BCUT2D eigenvalue weighted by molar-refractivity contribution is 0.186. The van der Waals surface area contributed by atoms with E-state index >= 15 is 0 Å². The van der Waals surface area contributed by atoms with Crippen LogP contribution in [0.3, 0.4) is 0 Å². The number of nitrogens with one attached hydrogen (secondary N) is 1. The maximum absolute atomic E-state index is 6.09. The summed E-state index contributed by atoms with van der Waals surface area (Å²) in [5.41, 5.74) is 2.50. The lowest BCUT2D eigenvalue weighted by atomic mass is 10.1. The van der Waals surface area contributed by atoms with Crippen molar-refractivity contribution in [3.8, 4) is 11.5 Å². The summed E-state index contributed by atoms with van der Waals surface area (Å²) in [7, 11) is 0. The highest BCUT2D eigenvalue weighted by atomic mass is 16.5. The van der Waals surface area contributed by atoms with Crippen molar-refractivity contribution in [2.24, 2.45) is 5.92 Å². The van der Waals surface area contributed by atoms with Gasteiger partial charge in [-0.25, -0.2) is 0 Å². The Morgan fingerprint density at radius 2 is 1.89 bits per heavy atom. The number of hydrogen-bond donors (Lipinski definition) is 1. The second kappa shape index (κ2) is 6.29. The van der Waals surface area contributed by atoms with Crippen LogP contribution >= 0.6 is 0 Å². The lowest BCUT2D eigenvalue weighted by Crippen LogP contribution is -2.33. The molecule has 0 fully saturated rings. The Kier molecular flexibility index (Phi) is 4.70. The predicted molar refractivity (Wildman–Crippen MR) is 78.2 cm³/mol. The molecule has 0 saturated heterocycles. The number of hydrogen-bond acceptors (Lipinski definition) is 3. The fourth-order valence-corrected chi connectivity index (χ4v) is 2.18. The van der Waals surface area contributed by atoms with Crippen molar-refractivity contribution in [3.63, 3.8) is 0 Å². The summed E-state index contributed by atoms with van der Waals surface area (Å²) in [6.45, 7) is 11.3. The van der Waals surface area contributed by atoms with Gasteiger partial charge in [0.2, 0.25) is 0 Å². The Morgan fingerprint density at radius 1 is 1.21 bits per heavy atom. The van der Waals surface area contributed by atoms with E-state index in [0.29, 0.717) is 5.92 Å². The smallest absolute Gasteiger partial charge is 0.161 e. The number of benzene rings is 1. The normalized spacial score (nSPS) is 18.5. The first-order valence-electron chi connectivity index (χ1n) is 7.17. The average Bonchev–Trinajstić information content (AvgIpc) is 2.52. The molecular formula is C16H25NO2. The van der Waals surface area contributed by atoms with Crippen LogP contribution in [0.4, 0.5) is 0 Å². The molecule has 2 rings (SSSR count). The molecule has 1 N–H and O–H groups in total. The SMILES string of the molecule is Cc1cc2c(cc1C)OC(CNCC(C)C)CCO2. The Balaban J connectivity index is 2.01. The minimum atomic E-state index is 0.196. The van der Waals surface area contributed by atoms with E-state index in [4.69, 9.17) is 9.47 Å². The molecule has 1 heterocycles. The van der Waals surface area contributed by atoms with E-state index in [1.165, 1.54) is 11.1 Å². The van der Waals surface area contributed by atoms with Crippen LogP contribution in [0.2, 0.25) is 0 Å². The molecule has 0 bridgehead atoms. The number of fused-ring (bicyclic) bond motifs is 1. The van der Waals surface area contributed by atoms with Gasteiger partial charge in [0, 0.05) is 13.0 Å². The highest BCUT2D eigenvalue weighted by Gasteiger charge is 2.19. The van der Waals surface area contributed by atoms with Crippen molar-refractivity contribution in [3.05, 3.63) is 23.3 Å². The quantitative estimate of drug-likeness (QED) is 0.905. The van der Waals surface area contributed by atoms with Gasteiger partial charge < -0.3 is 14.8 Å². The molecule has 1 unspecified atom stereocenters. The molecular weight excluding hydrogens is 238 g/mol. The minimum absolute atomic E-state index is 0.196. The maximum atomic E-state index is 6.09. The monoisotopic (exact) mass is 263 g/mol. The highest BCUT2D eigenvalue weighted by Crippen LogP contribution is 2.33. The molecule has 1 aromatic carbocycles. The van der Waals surface area contributed by atoms with E-state index < -0.39 is 0 Å². The summed E-state index contributed by atoms with van der Waals surface area (Å²) in [5.74, 6) is 2.44. The molecule has 3 heteroatoms. The molecule has 0 aromatic heterocycles. The van der Waals surface area contributed by atoms with Gasteiger partial charge in [-0.2, -0.15) is 0 Å². The summed E-state index contributed by atoms with van der Waals surface area (Å²) in [6, 6.07) is 4.17. The number of ether oxygens (including phenoxy) is 2. The molecule has 106 valence electrons. The molecule has 1 atom stereocenters. The molecule has 1 aliphatic heterocycles. The number of aryl methyl sites for hydroxylation is 2. The van der Waals surface area contributed by atoms with Gasteiger partial charge in [0.1, 0.15) is 6.10 Å². The fraction of sp³-hybridized carbons (Fsp3) is 0.625. The molecule has 1 aliphatic rings. The fourth-order valence-electron chi connectivity index (χ4n) is 2.18. The molecule has 0 saturated carbocycles. The summed E-state index contributed by atoms with van der Waals surface area (Å²) >= 11 is 0. The Morgan fingerprint density at radius 3 is 2.58 bits per heavy atom. The van der Waals surface area contributed by atoms with E-state index in [9.17, 15) is 0 Å². The summed E-state index contributed by atoms with van der Waals surface area (Å²) in [4.78, 5) is 0. The van der Waals surface area contributed by atoms with Crippen molar-refractivity contribution in [2.75, 3.05) is 19.7 Å². The molecule has 0 aliphatic carbocycles. The first kappa shape index (κ1) is 14.2.